The van der Waals surface area contributed by atoms with Crippen LogP contribution in [0.1, 0.15) is 102 Å². The molecule has 1 N–H and O–H groups in total. The van der Waals surface area contributed by atoms with Crippen molar-refractivity contribution in [2.24, 2.45) is 5.41 Å². The number of halogens is 1. The number of thioether (sulfide) groups is 1. The predicted molar refractivity (Wildman–Crippen MR) is 185 cm³/mol. The van der Waals surface area contributed by atoms with Crippen molar-refractivity contribution in [3.8, 4) is 0 Å². The van der Waals surface area contributed by atoms with Crippen molar-refractivity contribution in [1.82, 2.24) is 29.2 Å². The van der Waals surface area contributed by atoms with Gasteiger partial charge in [-0.2, -0.15) is 0 Å². The third-order valence-electron chi connectivity index (χ3n) is 10.3. The number of imidazole rings is 1. The number of carbonyl (C=O) groups is 2. The number of rotatable bonds is 8. The van der Waals surface area contributed by atoms with Crippen molar-refractivity contribution >= 4 is 34.7 Å². The lowest BCUT2D eigenvalue weighted by molar-refractivity contribution is -0.136. The summed E-state index contributed by atoms with van der Waals surface area (Å²) in [4.78, 5) is 53.8. The van der Waals surface area contributed by atoms with Crippen LogP contribution in [0, 0.1) is 11.2 Å². The first kappa shape index (κ1) is 33.7. The minimum atomic E-state index is -0.522. The van der Waals surface area contributed by atoms with Gasteiger partial charge in [0.15, 0.2) is 5.65 Å². The Balaban J connectivity index is 1.18. The fourth-order valence-corrected chi connectivity index (χ4v) is 9.04. The summed E-state index contributed by atoms with van der Waals surface area (Å²) in [7, 11) is 0. The van der Waals surface area contributed by atoms with Crippen LogP contribution >= 0.6 is 11.8 Å². The highest BCUT2D eigenvalue weighted by Crippen LogP contribution is 2.48. The molecule has 1 aromatic carbocycles. The third kappa shape index (κ3) is 7.16. The first-order chi connectivity index (χ1) is 22.4. The molecular formula is C36H49FN6O3S. The molecule has 254 valence electrons. The number of benzene rings is 1. The van der Waals surface area contributed by atoms with E-state index in [1.807, 2.05) is 28.0 Å². The van der Waals surface area contributed by atoms with Gasteiger partial charge in [-0.05, 0) is 99.7 Å². The lowest BCUT2D eigenvalue weighted by atomic mass is 9.85. The second-order valence-corrected chi connectivity index (χ2v) is 16.2. The van der Waals surface area contributed by atoms with Crippen molar-refractivity contribution in [2.45, 2.75) is 102 Å². The number of nitrogens with zero attached hydrogens (tertiary/aromatic N) is 5. The lowest BCUT2D eigenvalue weighted by Crippen LogP contribution is -2.42. The molecule has 9 nitrogen and oxygen atoms in total. The Hall–Kier alpha value is -3.18. The number of aromatic nitrogens is 3. The lowest BCUT2D eigenvalue weighted by Gasteiger charge is -2.36. The van der Waals surface area contributed by atoms with E-state index in [4.69, 9.17) is 0 Å². The molecule has 0 saturated carbocycles. The summed E-state index contributed by atoms with van der Waals surface area (Å²) in [5.41, 5.74) is 2.82. The van der Waals surface area contributed by atoms with Crippen LogP contribution in [0.4, 0.5) is 4.39 Å². The minimum absolute atomic E-state index is 0.0189. The highest BCUT2D eigenvalue weighted by Gasteiger charge is 2.44. The van der Waals surface area contributed by atoms with Gasteiger partial charge >= 0.3 is 5.69 Å². The normalized spacial score (nSPS) is 22.2. The first-order valence-corrected chi connectivity index (χ1v) is 18.2. The molecule has 0 radical (unpaired) electrons. The Labute approximate surface area is 281 Å². The van der Waals surface area contributed by atoms with Gasteiger partial charge in [0.1, 0.15) is 11.2 Å². The zero-order chi connectivity index (χ0) is 33.5. The zero-order valence-electron chi connectivity index (χ0n) is 28.4. The van der Waals surface area contributed by atoms with E-state index in [2.05, 4.69) is 49.5 Å². The summed E-state index contributed by atoms with van der Waals surface area (Å²) in [6, 6.07) is 9.47. The maximum atomic E-state index is 15.7. The number of fused-ring (bicyclic) bond motifs is 1. The molecule has 2 amide bonds. The van der Waals surface area contributed by atoms with Crippen LogP contribution in [-0.2, 0) is 9.59 Å². The number of nitrogens with one attached hydrogen (secondary N) is 1. The second-order valence-electron chi connectivity index (χ2n) is 15.0. The number of hydrogen-bond donors (Lipinski definition) is 1. The minimum Gasteiger partial charge on any atom is -0.342 e. The van der Waals surface area contributed by atoms with Gasteiger partial charge in [0.2, 0.25) is 11.8 Å². The van der Waals surface area contributed by atoms with Gasteiger partial charge in [-0.3, -0.25) is 19.1 Å². The third-order valence-corrected chi connectivity index (χ3v) is 11.8. The Bertz CT molecular complexity index is 1650. The number of piperidine rings is 2. The predicted octanol–water partition coefficient (Wildman–Crippen LogP) is 6.08. The summed E-state index contributed by atoms with van der Waals surface area (Å²) in [6.45, 7) is 14.4. The number of carbonyl (C=O) groups excluding carboxylic acids is 2. The number of hydrogen-bond acceptors (Lipinski definition) is 6. The molecule has 3 aliphatic rings. The van der Waals surface area contributed by atoms with E-state index in [1.54, 1.807) is 22.9 Å². The van der Waals surface area contributed by atoms with E-state index in [0.29, 0.717) is 44.2 Å². The highest BCUT2D eigenvalue weighted by molar-refractivity contribution is 8.01. The van der Waals surface area contributed by atoms with Gasteiger partial charge in [0.25, 0.3) is 0 Å². The van der Waals surface area contributed by atoms with Gasteiger partial charge in [0, 0.05) is 44.3 Å². The summed E-state index contributed by atoms with van der Waals surface area (Å²) < 4.78 is 17.5. The number of aromatic amines is 1. The number of H-pyrrole nitrogens is 1. The largest absolute Gasteiger partial charge is 0.342 e. The Kier molecular flexibility index (Phi) is 9.86. The van der Waals surface area contributed by atoms with Crippen molar-refractivity contribution in [1.29, 1.82) is 0 Å². The summed E-state index contributed by atoms with van der Waals surface area (Å²) in [6.07, 6.45) is 5.67. The van der Waals surface area contributed by atoms with E-state index in [-0.39, 0.29) is 52.5 Å². The maximum Gasteiger partial charge on any atom is 0.327 e. The molecule has 3 aromatic rings. The van der Waals surface area contributed by atoms with E-state index in [9.17, 15) is 14.4 Å². The standard InChI is InChI=1S/C36H49FN6O3S/c1-23(2)40-17-11-24(12-18-40)31-26(8-6-9-27(31)37)34-42(21-15-36(3,4)5)33(45)29(47-34)22-30(44)41-19-13-25(14-20-41)43-28-10-7-16-38-32(28)39-35(43)46/h6-10,16,23-25,29,34H,11-15,17-22H2,1-5H3,(H,38,39,46)/t29-,34+/m0/s1. The van der Waals surface area contributed by atoms with Crippen molar-refractivity contribution in [2.75, 3.05) is 32.7 Å². The molecule has 0 aliphatic carbocycles. The van der Waals surface area contributed by atoms with E-state index in [0.717, 1.165) is 49.0 Å². The van der Waals surface area contributed by atoms with Crippen LogP contribution < -0.4 is 5.69 Å². The molecule has 3 aliphatic heterocycles. The van der Waals surface area contributed by atoms with Gasteiger partial charge in [-0.1, -0.05) is 32.9 Å². The fourth-order valence-electron chi connectivity index (χ4n) is 7.53. The van der Waals surface area contributed by atoms with E-state index < -0.39 is 5.25 Å². The van der Waals surface area contributed by atoms with Gasteiger partial charge in [0.05, 0.1) is 10.8 Å². The summed E-state index contributed by atoms with van der Waals surface area (Å²) in [5, 5.41) is -0.851. The summed E-state index contributed by atoms with van der Waals surface area (Å²) in [5.74, 6) is -0.167. The topological polar surface area (TPSA) is 94.5 Å². The average Bonchev–Trinajstić information content (AvgIpc) is 3.54. The number of likely N-dealkylation sites (tertiary alicyclic amines) is 2. The monoisotopic (exact) mass is 664 g/mol. The molecule has 5 heterocycles. The van der Waals surface area contributed by atoms with Gasteiger partial charge in [-0.25, -0.2) is 14.2 Å². The van der Waals surface area contributed by atoms with Crippen LogP contribution in [-0.4, -0.2) is 85.1 Å². The number of pyridine rings is 1. The van der Waals surface area contributed by atoms with Gasteiger partial charge < -0.3 is 14.7 Å². The molecule has 0 bridgehead atoms. The molecule has 2 aromatic heterocycles. The van der Waals surface area contributed by atoms with Crippen LogP contribution in [0.3, 0.4) is 0 Å². The van der Waals surface area contributed by atoms with Gasteiger partial charge in [-0.15, -0.1) is 11.8 Å². The maximum absolute atomic E-state index is 15.7. The Morgan fingerprint density at radius 2 is 1.77 bits per heavy atom. The SMILES string of the molecule is CC(C)N1CCC(c2c(F)cccc2[C@H]2S[C@@H](CC(=O)N3CCC(n4c(=O)[nH]c5ncccc54)CC3)C(=O)N2CCC(C)(C)C)CC1. The molecule has 11 heteroatoms. The molecule has 47 heavy (non-hydrogen) atoms. The fraction of sp³-hybridized carbons (Fsp3) is 0.611. The zero-order valence-corrected chi connectivity index (χ0v) is 29.2. The van der Waals surface area contributed by atoms with E-state index in [1.165, 1.54) is 11.8 Å². The van der Waals surface area contributed by atoms with Crippen molar-refractivity contribution < 1.29 is 14.0 Å². The van der Waals surface area contributed by atoms with Crippen molar-refractivity contribution in [3.63, 3.8) is 0 Å². The molecule has 3 saturated heterocycles. The number of amides is 2. The van der Waals surface area contributed by atoms with Crippen molar-refractivity contribution in [3.05, 3.63) is 64.0 Å². The molecule has 6 rings (SSSR count). The smallest absolute Gasteiger partial charge is 0.327 e. The summed E-state index contributed by atoms with van der Waals surface area (Å²) >= 11 is 1.51. The van der Waals surface area contributed by atoms with E-state index >= 15 is 4.39 Å². The molecule has 2 atom stereocenters. The quantitative estimate of drug-likeness (QED) is 0.314. The van der Waals surface area contributed by atoms with Crippen LogP contribution in [0.25, 0.3) is 11.2 Å². The highest BCUT2D eigenvalue weighted by atomic mass is 32.2. The van der Waals surface area contributed by atoms with Crippen LogP contribution in [0.5, 0.6) is 0 Å². The molecule has 0 unspecified atom stereocenters. The molecular weight excluding hydrogens is 616 g/mol. The molecule has 3 fully saturated rings. The van der Waals surface area contributed by atoms with Crippen LogP contribution in [0.15, 0.2) is 41.3 Å². The Morgan fingerprint density at radius 1 is 1.04 bits per heavy atom. The molecule has 0 spiro atoms. The average molecular weight is 665 g/mol. The Morgan fingerprint density at radius 3 is 2.45 bits per heavy atom. The first-order valence-electron chi connectivity index (χ1n) is 17.2. The van der Waals surface area contributed by atoms with Crippen LogP contribution in [0.2, 0.25) is 0 Å². The second kappa shape index (κ2) is 13.7.